The Hall–Kier alpha value is -0.960. The Morgan fingerprint density at radius 1 is 1.35 bits per heavy atom. The van der Waals surface area contributed by atoms with E-state index in [4.69, 9.17) is 0 Å². The Labute approximate surface area is 108 Å². The summed E-state index contributed by atoms with van der Waals surface area (Å²) in [5, 5.41) is 3.08. The highest BCUT2D eigenvalue weighted by Gasteiger charge is 2.13. The smallest absolute Gasteiger partial charge is 0.251 e. The quantitative estimate of drug-likeness (QED) is 0.810. The molecule has 0 atom stereocenters. The number of hydrogen-bond acceptors (Lipinski definition) is 2. The van der Waals surface area contributed by atoms with Crippen molar-refractivity contribution in [3.8, 4) is 0 Å². The van der Waals surface area contributed by atoms with Crippen molar-refractivity contribution in [3.05, 3.63) is 29.3 Å². The second kappa shape index (κ2) is 6.70. The van der Waals surface area contributed by atoms with Gasteiger partial charge in [-0.3, -0.25) is 4.79 Å². The molecule has 0 radical (unpaired) electrons. The van der Waals surface area contributed by atoms with Gasteiger partial charge in [-0.1, -0.05) is 19.9 Å². The van der Waals surface area contributed by atoms with Gasteiger partial charge in [-0.2, -0.15) is 0 Å². The highest BCUT2D eigenvalue weighted by atomic mass is 32.2. The van der Waals surface area contributed by atoms with Crippen LogP contribution in [0, 0.1) is 6.92 Å². The first-order chi connectivity index (χ1) is 8.12. The summed E-state index contributed by atoms with van der Waals surface area (Å²) in [6, 6.07) is 6.30. The van der Waals surface area contributed by atoms with Gasteiger partial charge >= 0.3 is 0 Å². The highest BCUT2D eigenvalue weighted by Crippen LogP contribution is 2.19. The topological polar surface area (TPSA) is 29.1 Å². The van der Waals surface area contributed by atoms with Gasteiger partial charge < -0.3 is 5.32 Å². The molecule has 0 bridgehead atoms. The predicted molar refractivity (Wildman–Crippen MR) is 74.8 cm³/mol. The molecule has 0 aliphatic heterocycles. The van der Waals surface area contributed by atoms with E-state index in [0.717, 1.165) is 28.9 Å². The fraction of sp³-hybridized carbons (Fsp3) is 0.500. The minimum Gasteiger partial charge on any atom is -0.349 e. The number of carbonyl (C=O) groups is 1. The van der Waals surface area contributed by atoms with E-state index in [2.05, 4.69) is 19.2 Å². The third-order valence-corrected chi connectivity index (χ3v) is 3.74. The maximum absolute atomic E-state index is 12.1. The standard InChI is InChI=1S/C14H21NOS/c1-5-11(6-2)15-14(16)13-9-12(17-4)8-7-10(13)3/h7-9,11H,5-6H2,1-4H3,(H,15,16). The largest absolute Gasteiger partial charge is 0.349 e. The molecule has 17 heavy (non-hydrogen) atoms. The Morgan fingerprint density at radius 3 is 2.53 bits per heavy atom. The Bertz CT molecular complexity index is 386. The lowest BCUT2D eigenvalue weighted by molar-refractivity contribution is 0.0934. The molecule has 94 valence electrons. The van der Waals surface area contributed by atoms with Gasteiger partial charge in [0.1, 0.15) is 0 Å². The Kier molecular flexibility index (Phi) is 5.56. The molecular formula is C14H21NOS. The van der Waals surface area contributed by atoms with E-state index < -0.39 is 0 Å². The first-order valence-corrected chi connectivity index (χ1v) is 7.30. The summed E-state index contributed by atoms with van der Waals surface area (Å²) in [6.45, 7) is 6.17. The molecule has 1 aromatic carbocycles. The SMILES string of the molecule is CCC(CC)NC(=O)c1cc(SC)ccc1C. The fourth-order valence-corrected chi connectivity index (χ4v) is 2.17. The summed E-state index contributed by atoms with van der Waals surface area (Å²) in [7, 11) is 0. The van der Waals surface area contributed by atoms with E-state index in [1.54, 1.807) is 11.8 Å². The lowest BCUT2D eigenvalue weighted by Crippen LogP contribution is -2.34. The maximum atomic E-state index is 12.1. The van der Waals surface area contributed by atoms with Crippen LogP contribution in [0.15, 0.2) is 23.1 Å². The summed E-state index contributed by atoms with van der Waals surface area (Å²) in [5.74, 6) is 0.0482. The lowest BCUT2D eigenvalue weighted by atomic mass is 10.1. The molecule has 0 unspecified atom stereocenters. The van der Waals surface area contributed by atoms with Crippen molar-refractivity contribution in [2.24, 2.45) is 0 Å². The van der Waals surface area contributed by atoms with Gasteiger partial charge in [0.2, 0.25) is 0 Å². The summed E-state index contributed by atoms with van der Waals surface area (Å²) < 4.78 is 0. The average molecular weight is 251 g/mol. The monoisotopic (exact) mass is 251 g/mol. The van der Waals surface area contributed by atoms with Crippen LogP contribution in [-0.2, 0) is 0 Å². The minimum atomic E-state index is 0.0482. The molecule has 0 aromatic heterocycles. The summed E-state index contributed by atoms with van der Waals surface area (Å²) in [6.07, 6.45) is 3.97. The number of benzene rings is 1. The second-order valence-corrected chi connectivity index (χ2v) is 5.05. The van der Waals surface area contributed by atoms with Crippen LogP contribution in [0.5, 0.6) is 0 Å². The zero-order valence-corrected chi connectivity index (χ0v) is 11.9. The van der Waals surface area contributed by atoms with Crippen LogP contribution < -0.4 is 5.32 Å². The van der Waals surface area contributed by atoms with E-state index in [1.165, 1.54) is 0 Å². The molecule has 1 aromatic rings. The number of aryl methyl sites for hydroxylation is 1. The number of hydrogen-bond donors (Lipinski definition) is 1. The van der Waals surface area contributed by atoms with E-state index in [0.29, 0.717) is 0 Å². The van der Waals surface area contributed by atoms with Crippen molar-refractivity contribution >= 4 is 17.7 Å². The van der Waals surface area contributed by atoms with Gasteiger partial charge in [0.25, 0.3) is 5.91 Å². The highest BCUT2D eigenvalue weighted by molar-refractivity contribution is 7.98. The molecule has 1 rings (SSSR count). The maximum Gasteiger partial charge on any atom is 0.251 e. The van der Waals surface area contributed by atoms with Crippen LogP contribution in [-0.4, -0.2) is 18.2 Å². The van der Waals surface area contributed by atoms with Gasteiger partial charge in [0.15, 0.2) is 0 Å². The second-order valence-electron chi connectivity index (χ2n) is 4.17. The third kappa shape index (κ3) is 3.77. The lowest BCUT2D eigenvalue weighted by Gasteiger charge is -2.16. The van der Waals surface area contributed by atoms with Crippen molar-refractivity contribution in [1.29, 1.82) is 0 Å². The summed E-state index contributed by atoms with van der Waals surface area (Å²) in [4.78, 5) is 13.3. The molecule has 0 fully saturated rings. The van der Waals surface area contributed by atoms with Gasteiger partial charge in [-0.05, 0) is 43.7 Å². The van der Waals surface area contributed by atoms with E-state index in [9.17, 15) is 4.79 Å². The number of rotatable bonds is 5. The van der Waals surface area contributed by atoms with Gasteiger partial charge in [-0.25, -0.2) is 0 Å². The fourth-order valence-electron chi connectivity index (χ4n) is 1.73. The van der Waals surface area contributed by atoms with E-state index in [-0.39, 0.29) is 11.9 Å². The van der Waals surface area contributed by atoms with Crippen molar-refractivity contribution in [3.63, 3.8) is 0 Å². The zero-order chi connectivity index (χ0) is 12.8. The Balaban J connectivity index is 2.87. The first-order valence-electron chi connectivity index (χ1n) is 6.07. The molecule has 0 saturated carbocycles. The molecule has 2 nitrogen and oxygen atoms in total. The molecule has 0 spiro atoms. The van der Waals surface area contributed by atoms with Crippen LogP contribution in [0.25, 0.3) is 0 Å². The summed E-state index contributed by atoms with van der Waals surface area (Å²) >= 11 is 1.66. The van der Waals surface area contributed by atoms with Gasteiger partial charge in [0, 0.05) is 16.5 Å². The van der Waals surface area contributed by atoms with Gasteiger partial charge in [0.05, 0.1) is 0 Å². The van der Waals surface area contributed by atoms with Crippen molar-refractivity contribution in [1.82, 2.24) is 5.32 Å². The van der Waals surface area contributed by atoms with Crippen LogP contribution in [0.1, 0.15) is 42.6 Å². The van der Waals surface area contributed by atoms with E-state index in [1.807, 2.05) is 31.4 Å². The van der Waals surface area contributed by atoms with Crippen LogP contribution in [0.2, 0.25) is 0 Å². The minimum absolute atomic E-state index is 0.0482. The molecule has 0 heterocycles. The average Bonchev–Trinajstić information content (AvgIpc) is 2.36. The van der Waals surface area contributed by atoms with Crippen molar-refractivity contribution < 1.29 is 4.79 Å². The Morgan fingerprint density at radius 2 is 2.00 bits per heavy atom. The molecule has 0 aliphatic carbocycles. The zero-order valence-electron chi connectivity index (χ0n) is 11.0. The number of nitrogens with one attached hydrogen (secondary N) is 1. The normalized spacial score (nSPS) is 10.6. The molecular weight excluding hydrogens is 230 g/mol. The first kappa shape index (κ1) is 14.1. The number of amides is 1. The molecule has 3 heteroatoms. The van der Waals surface area contributed by atoms with Crippen LogP contribution in [0.3, 0.4) is 0 Å². The van der Waals surface area contributed by atoms with Gasteiger partial charge in [-0.15, -0.1) is 11.8 Å². The predicted octanol–water partition coefficient (Wildman–Crippen LogP) is 3.64. The molecule has 0 saturated heterocycles. The molecule has 0 aliphatic rings. The van der Waals surface area contributed by atoms with Crippen LogP contribution >= 0.6 is 11.8 Å². The molecule has 1 N–H and O–H groups in total. The number of carbonyl (C=O) groups excluding carboxylic acids is 1. The van der Waals surface area contributed by atoms with Crippen molar-refractivity contribution in [2.75, 3.05) is 6.26 Å². The summed E-state index contributed by atoms with van der Waals surface area (Å²) in [5.41, 5.74) is 1.83. The third-order valence-electron chi connectivity index (χ3n) is 3.01. The number of thioether (sulfide) groups is 1. The van der Waals surface area contributed by atoms with Crippen molar-refractivity contribution in [2.45, 2.75) is 44.6 Å². The van der Waals surface area contributed by atoms with Crippen LogP contribution in [0.4, 0.5) is 0 Å². The molecule has 1 amide bonds. The van der Waals surface area contributed by atoms with E-state index >= 15 is 0 Å².